The summed E-state index contributed by atoms with van der Waals surface area (Å²) < 4.78 is 5.46. The first kappa shape index (κ1) is 13.9. The van der Waals surface area contributed by atoms with Crippen molar-refractivity contribution in [3.05, 3.63) is 17.6 Å². The fourth-order valence-electron chi connectivity index (χ4n) is 1.73. The highest BCUT2D eigenvalue weighted by molar-refractivity contribution is 5.36. The van der Waals surface area contributed by atoms with Crippen LogP contribution in [0.15, 0.2) is 6.07 Å². The van der Waals surface area contributed by atoms with E-state index < -0.39 is 0 Å². The van der Waals surface area contributed by atoms with Crippen LogP contribution in [0, 0.1) is 0 Å². The van der Waals surface area contributed by atoms with E-state index in [1.807, 2.05) is 6.07 Å². The van der Waals surface area contributed by atoms with E-state index in [1.54, 1.807) is 7.11 Å². The van der Waals surface area contributed by atoms with Crippen molar-refractivity contribution >= 4 is 5.82 Å². The quantitative estimate of drug-likeness (QED) is 0.792. The fraction of sp³-hybridized carbons (Fsp3) is 0.692. The standard InChI is InChI=1S/C13H23N3O/c1-5-8-11(17-4)13-15-10(6-2)9-12(16-13)14-7-3/h9,11H,5-8H2,1-4H3,(H,14,15,16). The van der Waals surface area contributed by atoms with Gasteiger partial charge in [0.1, 0.15) is 11.9 Å². The van der Waals surface area contributed by atoms with Crippen molar-refractivity contribution in [2.75, 3.05) is 19.0 Å². The summed E-state index contributed by atoms with van der Waals surface area (Å²) in [7, 11) is 1.72. The number of aromatic nitrogens is 2. The molecule has 0 amide bonds. The zero-order valence-electron chi connectivity index (χ0n) is 11.3. The molecule has 1 aromatic heterocycles. The number of rotatable bonds is 7. The van der Waals surface area contributed by atoms with Crippen LogP contribution < -0.4 is 5.32 Å². The van der Waals surface area contributed by atoms with Crippen molar-refractivity contribution in [1.82, 2.24) is 9.97 Å². The van der Waals surface area contributed by atoms with E-state index in [-0.39, 0.29) is 6.10 Å². The normalized spacial score (nSPS) is 12.5. The van der Waals surface area contributed by atoms with Crippen molar-refractivity contribution in [3.8, 4) is 0 Å². The predicted molar refractivity (Wildman–Crippen MR) is 70.2 cm³/mol. The van der Waals surface area contributed by atoms with Crippen molar-refractivity contribution in [1.29, 1.82) is 0 Å². The van der Waals surface area contributed by atoms with Crippen molar-refractivity contribution in [2.45, 2.75) is 46.1 Å². The molecule has 0 fully saturated rings. The number of ether oxygens (including phenoxy) is 1. The molecular formula is C13H23N3O. The van der Waals surface area contributed by atoms with Gasteiger partial charge in [0.25, 0.3) is 0 Å². The zero-order chi connectivity index (χ0) is 12.7. The van der Waals surface area contributed by atoms with Gasteiger partial charge in [-0.1, -0.05) is 20.3 Å². The average molecular weight is 237 g/mol. The number of hydrogen-bond donors (Lipinski definition) is 1. The summed E-state index contributed by atoms with van der Waals surface area (Å²) in [6.07, 6.45) is 2.93. The number of nitrogens with one attached hydrogen (secondary N) is 1. The molecule has 0 spiro atoms. The van der Waals surface area contributed by atoms with E-state index in [2.05, 4.69) is 36.1 Å². The molecule has 17 heavy (non-hydrogen) atoms. The predicted octanol–water partition coefficient (Wildman–Crippen LogP) is 2.96. The van der Waals surface area contributed by atoms with Crippen LogP contribution in [-0.4, -0.2) is 23.6 Å². The van der Waals surface area contributed by atoms with Crippen LogP contribution >= 0.6 is 0 Å². The summed E-state index contributed by atoms with van der Waals surface area (Å²) in [6.45, 7) is 7.17. The van der Waals surface area contributed by atoms with Gasteiger partial charge in [0, 0.05) is 25.4 Å². The summed E-state index contributed by atoms with van der Waals surface area (Å²) in [5, 5.41) is 3.24. The second-order valence-corrected chi connectivity index (χ2v) is 4.00. The number of hydrogen-bond acceptors (Lipinski definition) is 4. The maximum atomic E-state index is 5.46. The topological polar surface area (TPSA) is 47.0 Å². The Labute approximate surface area is 104 Å². The molecule has 4 nitrogen and oxygen atoms in total. The molecule has 1 unspecified atom stereocenters. The maximum absolute atomic E-state index is 5.46. The Kier molecular flexibility index (Phi) is 5.91. The third kappa shape index (κ3) is 3.97. The summed E-state index contributed by atoms with van der Waals surface area (Å²) in [4.78, 5) is 9.06. The van der Waals surface area contributed by atoms with Crippen molar-refractivity contribution < 1.29 is 4.74 Å². The minimum Gasteiger partial charge on any atom is -0.373 e. The van der Waals surface area contributed by atoms with Gasteiger partial charge in [-0.25, -0.2) is 9.97 Å². The number of anilines is 1. The molecule has 4 heteroatoms. The average Bonchev–Trinajstić information content (AvgIpc) is 2.35. The molecule has 0 aromatic carbocycles. The lowest BCUT2D eigenvalue weighted by Crippen LogP contribution is -2.11. The Balaban J connectivity index is 2.99. The van der Waals surface area contributed by atoms with E-state index in [4.69, 9.17) is 4.74 Å². The molecule has 0 bridgehead atoms. The summed E-state index contributed by atoms with van der Waals surface area (Å²) >= 11 is 0. The molecule has 1 aromatic rings. The van der Waals surface area contributed by atoms with E-state index in [1.165, 1.54) is 0 Å². The fourth-order valence-corrected chi connectivity index (χ4v) is 1.73. The lowest BCUT2D eigenvalue weighted by atomic mass is 10.2. The Hall–Kier alpha value is -1.16. The lowest BCUT2D eigenvalue weighted by molar-refractivity contribution is 0.0875. The lowest BCUT2D eigenvalue weighted by Gasteiger charge is -2.15. The zero-order valence-corrected chi connectivity index (χ0v) is 11.3. The highest BCUT2D eigenvalue weighted by Crippen LogP contribution is 2.20. The van der Waals surface area contributed by atoms with Gasteiger partial charge in [-0.2, -0.15) is 0 Å². The van der Waals surface area contributed by atoms with Crippen LogP contribution in [0.1, 0.15) is 51.2 Å². The van der Waals surface area contributed by atoms with Gasteiger partial charge >= 0.3 is 0 Å². The van der Waals surface area contributed by atoms with Gasteiger partial charge in [0.15, 0.2) is 5.82 Å². The van der Waals surface area contributed by atoms with Crippen molar-refractivity contribution in [3.63, 3.8) is 0 Å². The Morgan fingerprint density at radius 1 is 1.29 bits per heavy atom. The van der Waals surface area contributed by atoms with Gasteiger partial charge < -0.3 is 10.1 Å². The van der Waals surface area contributed by atoms with Gasteiger partial charge in [0.05, 0.1) is 0 Å². The van der Waals surface area contributed by atoms with Crippen LogP contribution in [0.2, 0.25) is 0 Å². The highest BCUT2D eigenvalue weighted by atomic mass is 16.5. The molecule has 96 valence electrons. The van der Waals surface area contributed by atoms with Gasteiger partial charge in [-0.3, -0.25) is 0 Å². The van der Waals surface area contributed by atoms with Gasteiger partial charge in [0.2, 0.25) is 0 Å². The van der Waals surface area contributed by atoms with E-state index in [0.717, 1.165) is 43.1 Å². The maximum Gasteiger partial charge on any atom is 0.159 e. The Morgan fingerprint density at radius 2 is 2.06 bits per heavy atom. The summed E-state index contributed by atoms with van der Waals surface area (Å²) in [5.74, 6) is 1.69. The van der Waals surface area contributed by atoms with E-state index >= 15 is 0 Å². The third-order valence-electron chi connectivity index (χ3n) is 2.64. The van der Waals surface area contributed by atoms with Gasteiger partial charge in [-0.05, 0) is 19.8 Å². The molecule has 0 saturated carbocycles. The minimum atomic E-state index is 0.00362. The van der Waals surface area contributed by atoms with Crippen LogP contribution in [0.4, 0.5) is 5.82 Å². The molecule has 0 radical (unpaired) electrons. The van der Waals surface area contributed by atoms with E-state index in [0.29, 0.717) is 0 Å². The summed E-state index contributed by atoms with van der Waals surface area (Å²) in [5.41, 5.74) is 1.06. The Morgan fingerprint density at radius 3 is 2.59 bits per heavy atom. The minimum absolute atomic E-state index is 0.00362. The SMILES string of the molecule is CCCC(OC)c1nc(CC)cc(NCC)n1. The summed E-state index contributed by atoms with van der Waals surface area (Å²) in [6, 6.07) is 2.01. The number of aryl methyl sites for hydroxylation is 1. The van der Waals surface area contributed by atoms with Crippen LogP contribution in [-0.2, 0) is 11.2 Å². The van der Waals surface area contributed by atoms with Crippen LogP contribution in [0.5, 0.6) is 0 Å². The molecule has 0 aliphatic heterocycles. The second kappa shape index (κ2) is 7.22. The molecule has 0 aliphatic rings. The number of nitrogens with zero attached hydrogens (tertiary/aromatic N) is 2. The molecule has 1 atom stereocenters. The van der Waals surface area contributed by atoms with Crippen LogP contribution in [0.25, 0.3) is 0 Å². The first-order valence-corrected chi connectivity index (χ1v) is 6.39. The first-order valence-electron chi connectivity index (χ1n) is 6.39. The van der Waals surface area contributed by atoms with Crippen molar-refractivity contribution in [2.24, 2.45) is 0 Å². The van der Waals surface area contributed by atoms with E-state index in [9.17, 15) is 0 Å². The highest BCUT2D eigenvalue weighted by Gasteiger charge is 2.14. The van der Waals surface area contributed by atoms with Crippen LogP contribution in [0.3, 0.4) is 0 Å². The molecule has 0 saturated heterocycles. The molecule has 0 aliphatic carbocycles. The molecule has 1 heterocycles. The third-order valence-corrected chi connectivity index (χ3v) is 2.64. The monoisotopic (exact) mass is 237 g/mol. The molecule has 1 rings (SSSR count). The second-order valence-electron chi connectivity index (χ2n) is 4.00. The smallest absolute Gasteiger partial charge is 0.159 e. The van der Waals surface area contributed by atoms with Gasteiger partial charge in [-0.15, -0.1) is 0 Å². The molecular weight excluding hydrogens is 214 g/mol. The first-order chi connectivity index (χ1) is 8.24. The Bertz CT molecular complexity index is 341. The molecule has 1 N–H and O–H groups in total. The largest absolute Gasteiger partial charge is 0.373 e. The number of methoxy groups -OCH3 is 1.